The molecule has 2 aromatic rings. The lowest BCUT2D eigenvalue weighted by atomic mass is 10.2. The quantitative estimate of drug-likeness (QED) is 0.547. The number of nitrogens with zero attached hydrogens (tertiary/aromatic N) is 1. The second kappa shape index (κ2) is 8.06. The predicted molar refractivity (Wildman–Crippen MR) is 84.8 cm³/mol. The van der Waals surface area contributed by atoms with Crippen LogP contribution in [0.15, 0.2) is 35.5 Å². The average molecular weight is 441 g/mol. The van der Waals surface area contributed by atoms with Gasteiger partial charge in [0.2, 0.25) is 5.91 Å². The van der Waals surface area contributed by atoms with Gasteiger partial charge in [0.05, 0.1) is 17.8 Å². The van der Waals surface area contributed by atoms with Gasteiger partial charge in [0.15, 0.2) is 22.5 Å². The Labute approximate surface area is 158 Å². The molecule has 29 heavy (non-hydrogen) atoms. The largest absolute Gasteiger partial charge is 0.503 e. The molecule has 1 heterocycles. The fraction of sp³-hybridized carbons (Fsp3) is 0.133. The maximum Gasteiger partial charge on any atom is 0.503 e. The number of nitrogens with one attached hydrogen (secondary N) is 2. The van der Waals surface area contributed by atoms with E-state index in [0.29, 0.717) is 18.3 Å². The van der Waals surface area contributed by atoms with E-state index in [4.69, 9.17) is 0 Å². The highest BCUT2D eigenvalue weighted by atomic mass is 32.2. The van der Waals surface area contributed by atoms with Crippen LogP contribution in [0.4, 0.5) is 32.0 Å². The van der Waals surface area contributed by atoms with Gasteiger partial charge in [0, 0.05) is 6.20 Å². The molecule has 0 bridgehead atoms. The fourth-order valence-electron chi connectivity index (χ4n) is 1.96. The van der Waals surface area contributed by atoms with E-state index in [1.165, 1.54) is 0 Å². The number of alkyl halides is 3. The third-order valence-electron chi connectivity index (χ3n) is 3.29. The van der Waals surface area contributed by atoms with Crippen LogP contribution in [-0.2, 0) is 14.6 Å². The van der Waals surface area contributed by atoms with Gasteiger partial charge in [0.1, 0.15) is 0 Å². The second-order valence-corrected chi connectivity index (χ2v) is 7.12. The lowest BCUT2D eigenvalue weighted by molar-refractivity contribution is -0.115. The molecule has 7 nitrogen and oxygen atoms in total. The van der Waals surface area contributed by atoms with Crippen molar-refractivity contribution in [3.05, 3.63) is 53.5 Å². The predicted octanol–water partition coefficient (Wildman–Crippen LogP) is 2.16. The van der Waals surface area contributed by atoms with Crippen molar-refractivity contribution in [2.24, 2.45) is 0 Å². The van der Waals surface area contributed by atoms with Crippen LogP contribution < -0.4 is 10.6 Å². The van der Waals surface area contributed by atoms with E-state index in [2.05, 4.69) is 4.98 Å². The molecule has 1 aromatic carbocycles. The normalized spacial score (nSPS) is 11.8. The van der Waals surface area contributed by atoms with Crippen LogP contribution in [0.25, 0.3) is 0 Å². The summed E-state index contributed by atoms with van der Waals surface area (Å²) in [5, 5.41) is 2.05. The van der Waals surface area contributed by atoms with E-state index in [1.807, 2.05) is 5.32 Å². The first kappa shape index (κ1) is 22.1. The van der Waals surface area contributed by atoms with E-state index in [-0.39, 0.29) is 0 Å². The molecule has 0 atom stereocenters. The minimum absolute atomic E-state index is 0.524. The molecule has 0 unspecified atom stereocenters. The highest BCUT2D eigenvalue weighted by Crippen LogP contribution is 2.30. The zero-order chi connectivity index (χ0) is 22.0. The molecule has 0 radical (unpaired) electrons. The van der Waals surface area contributed by atoms with Crippen molar-refractivity contribution < 1.29 is 44.3 Å². The van der Waals surface area contributed by atoms with Crippen molar-refractivity contribution in [3.8, 4) is 0 Å². The summed E-state index contributed by atoms with van der Waals surface area (Å²) in [5.41, 5.74) is -7.47. The third kappa shape index (κ3) is 4.64. The number of hydrogen-bond acceptors (Lipinski definition) is 5. The zero-order valence-corrected chi connectivity index (χ0v) is 14.7. The van der Waals surface area contributed by atoms with Crippen molar-refractivity contribution in [1.82, 2.24) is 10.3 Å². The molecule has 2 rings (SSSR count). The molecular weight excluding hydrogens is 432 g/mol. The minimum atomic E-state index is -5.95. The Morgan fingerprint density at radius 3 is 2.31 bits per heavy atom. The summed E-state index contributed by atoms with van der Waals surface area (Å²) < 4.78 is 101. The number of rotatable bonds is 5. The van der Waals surface area contributed by atoms with Gasteiger partial charge in [0.25, 0.3) is 15.7 Å². The number of halogens is 6. The van der Waals surface area contributed by atoms with Crippen molar-refractivity contribution in [2.75, 3.05) is 11.9 Å². The number of amides is 2. The second-order valence-electron chi connectivity index (χ2n) is 5.26. The topological polar surface area (TPSA) is 105 Å². The summed E-state index contributed by atoms with van der Waals surface area (Å²) >= 11 is 0. The fourth-order valence-corrected chi connectivity index (χ4v) is 2.83. The van der Waals surface area contributed by atoms with E-state index in [1.54, 1.807) is 5.32 Å². The number of pyridine rings is 1. The number of benzene rings is 1. The summed E-state index contributed by atoms with van der Waals surface area (Å²) in [6.45, 7) is -0.961. The third-order valence-corrected chi connectivity index (χ3v) is 4.74. The van der Waals surface area contributed by atoms with Gasteiger partial charge in [-0.1, -0.05) is 0 Å². The van der Waals surface area contributed by atoms with E-state index >= 15 is 0 Å². The van der Waals surface area contributed by atoms with Crippen LogP contribution in [0.2, 0.25) is 0 Å². The first-order valence-electron chi connectivity index (χ1n) is 7.34. The van der Waals surface area contributed by atoms with Gasteiger partial charge in [-0.3, -0.25) is 9.59 Å². The Balaban J connectivity index is 2.15. The monoisotopic (exact) mass is 441 g/mol. The van der Waals surface area contributed by atoms with Gasteiger partial charge in [-0.25, -0.2) is 26.6 Å². The maximum atomic E-state index is 13.5. The summed E-state index contributed by atoms with van der Waals surface area (Å²) in [6.07, 6.45) is 0.716. The summed E-state index contributed by atoms with van der Waals surface area (Å²) in [7, 11) is -5.95. The Morgan fingerprint density at radius 1 is 1.03 bits per heavy atom. The number of aromatic nitrogens is 1. The molecule has 0 aliphatic rings. The van der Waals surface area contributed by atoms with Crippen LogP contribution in [0.3, 0.4) is 0 Å². The molecule has 156 valence electrons. The summed E-state index contributed by atoms with van der Waals surface area (Å²) in [4.78, 5) is 26.8. The van der Waals surface area contributed by atoms with Crippen molar-refractivity contribution in [1.29, 1.82) is 0 Å². The Bertz CT molecular complexity index is 1070. The number of hydrogen-bond donors (Lipinski definition) is 2. The highest BCUT2D eigenvalue weighted by molar-refractivity contribution is 7.92. The van der Waals surface area contributed by atoms with Crippen molar-refractivity contribution in [2.45, 2.75) is 10.5 Å². The molecule has 14 heteroatoms. The maximum absolute atomic E-state index is 13.5. The van der Waals surface area contributed by atoms with Crippen LogP contribution >= 0.6 is 0 Å². The van der Waals surface area contributed by atoms with Crippen LogP contribution in [0, 0.1) is 17.5 Å². The van der Waals surface area contributed by atoms with Crippen LogP contribution in [0.1, 0.15) is 10.4 Å². The standard InChI is InChI=1S/C15H9F6N3O4S/c16-8-3-4-9(12(18)11(8)17)24-10(25)6-23-13(26)7-2-1-5-22-14(7)29(27,28)15(19,20)21/h1-5H,6H2,(H,23,26)(H,24,25). The Morgan fingerprint density at radius 2 is 1.69 bits per heavy atom. The molecule has 0 aliphatic heterocycles. The lowest BCUT2D eigenvalue weighted by Gasteiger charge is -2.12. The van der Waals surface area contributed by atoms with E-state index in [0.717, 1.165) is 12.1 Å². The van der Waals surface area contributed by atoms with Crippen molar-refractivity contribution in [3.63, 3.8) is 0 Å². The Hall–Kier alpha value is -3.16. The molecule has 0 saturated carbocycles. The van der Waals surface area contributed by atoms with E-state index in [9.17, 15) is 44.3 Å². The first-order chi connectivity index (χ1) is 13.4. The molecule has 0 aliphatic carbocycles. The minimum Gasteiger partial charge on any atom is -0.343 e. The smallest absolute Gasteiger partial charge is 0.343 e. The molecule has 0 fully saturated rings. The van der Waals surface area contributed by atoms with Gasteiger partial charge in [-0.15, -0.1) is 0 Å². The summed E-state index contributed by atoms with van der Waals surface area (Å²) in [6, 6.07) is 2.94. The number of carbonyl (C=O) groups is 2. The van der Waals surface area contributed by atoms with E-state index < -0.39 is 67.4 Å². The summed E-state index contributed by atoms with van der Waals surface area (Å²) in [5.74, 6) is -7.64. The lowest BCUT2D eigenvalue weighted by Crippen LogP contribution is -2.35. The average Bonchev–Trinajstić information content (AvgIpc) is 2.65. The molecule has 2 N–H and O–H groups in total. The molecule has 0 saturated heterocycles. The molecule has 0 spiro atoms. The van der Waals surface area contributed by atoms with Gasteiger partial charge in [-0.2, -0.15) is 13.2 Å². The SMILES string of the molecule is O=C(CNC(=O)c1cccnc1S(=O)(=O)C(F)(F)F)Nc1ccc(F)c(F)c1F. The zero-order valence-electron chi connectivity index (χ0n) is 13.9. The molecular formula is C15H9F6N3O4S. The number of anilines is 1. The number of carbonyl (C=O) groups excluding carboxylic acids is 2. The van der Waals surface area contributed by atoms with Crippen LogP contribution in [-0.4, -0.2) is 37.3 Å². The molecule has 2 amide bonds. The van der Waals surface area contributed by atoms with Crippen LogP contribution in [0.5, 0.6) is 0 Å². The number of sulfone groups is 1. The van der Waals surface area contributed by atoms with Gasteiger partial charge in [-0.05, 0) is 24.3 Å². The highest BCUT2D eigenvalue weighted by Gasteiger charge is 2.49. The van der Waals surface area contributed by atoms with Gasteiger partial charge < -0.3 is 10.6 Å². The first-order valence-corrected chi connectivity index (χ1v) is 8.82. The van der Waals surface area contributed by atoms with Crippen molar-refractivity contribution >= 4 is 27.3 Å². The molecule has 1 aromatic heterocycles. The van der Waals surface area contributed by atoms with Gasteiger partial charge >= 0.3 is 5.51 Å². The Kier molecular flexibility index (Phi) is 6.15.